The van der Waals surface area contributed by atoms with Gasteiger partial charge < -0.3 is 16.0 Å². The summed E-state index contributed by atoms with van der Waals surface area (Å²) in [5.74, 6) is 0.772. The zero-order chi connectivity index (χ0) is 17.3. The lowest BCUT2D eigenvalue weighted by Crippen LogP contribution is -2.18. The molecule has 2 aromatic heterocycles. The molecule has 7 nitrogen and oxygen atoms in total. The molecule has 5 N–H and O–H groups in total. The quantitative estimate of drug-likeness (QED) is 0.550. The number of nitrogens with two attached hydrogens (primary N) is 1. The van der Waals surface area contributed by atoms with Crippen molar-refractivity contribution in [3.63, 3.8) is 0 Å². The Hall–Kier alpha value is -3.40. The van der Waals surface area contributed by atoms with E-state index in [0.717, 1.165) is 10.9 Å². The average Bonchev–Trinajstić information content (AvgIpc) is 2.97. The normalized spacial score (nSPS) is 10.8. The van der Waals surface area contributed by atoms with Gasteiger partial charge in [0, 0.05) is 16.9 Å². The number of hydrogen-bond donors (Lipinski definition) is 4. The second-order valence-corrected chi connectivity index (χ2v) is 5.75. The highest BCUT2D eigenvalue weighted by atomic mass is 15.1. The summed E-state index contributed by atoms with van der Waals surface area (Å²) < 4.78 is 0. The van der Waals surface area contributed by atoms with Gasteiger partial charge in [0.15, 0.2) is 0 Å². The third-order valence-electron chi connectivity index (χ3n) is 3.57. The number of nitrogen functional groups attached to an aromatic ring is 1. The molecule has 0 aliphatic carbocycles. The van der Waals surface area contributed by atoms with Crippen molar-refractivity contribution < 1.29 is 0 Å². The van der Waals surface area contributed by atoms with Crippen LogP contribution in [-0.2, 0) is 0 Å². The molecule has 0 spiro atoms. The van der Waals surface area contributed by atoms with Crippen molar-refractivity contribution in [2.75, 3.05) is 11.1 Å². The minimum absolute atomic E-state index is 0.145. The Morgan fingerprint density at radius 2 is 2.12 bits per heavy atom. The molecular formula is C17H17N7. The van der Waals surface area contributed by atoms with E-state index < -0.39 is 0 Å². The summed E-state index contributed by atoms with van der Waals surface area (Å²) >= 11 is 0. The molecule has 3 aromatic rings. The zero-order valence-corrected chi connectivity index (χ0v) is 13.4. The predicted octanol–water partition coefficient (Wildman–Crippen LogP) is 2.65. The van der Waals surface area contributed by atoms with E-state index in [0.29, 0.717) is 22.6 Å². The maximum atomic E-state index is 9.00. The number of aromatic amines is 1. The third-order valence-corrected chi connectivity index (χ3v) is 3.57. The number of nitrogens with zero attached hydrogens (tertiary/aromatic N) is 3. The molecule has 0 amide bonds. The number of aromatic nitrogens is 3. The van der Waals surface area contributed by atoms with E-state index >= 15 is 0 Å². The van der Waals surface area contributed by atoms with Crippen molar-refractivity contribution in [2.45, 2.75) is 19.9 Å². The highest BCUT2D eigenvalue weighted by Gasteiger charge is 2.18. The lowest BCUT2D eigenvalue weighted by molar-refractivity contribution is 0.885. The molecule has 7 heteroatoms. The van der Waals surface area contributed by atoms with E-state index in [4.69, 9.17) is 16.4 Å². The van der Waals surface area contributed by atoms with Gasteiger partial charge in [-0.05, 0) is 38.1 Å². The fraction of sp³-hybridized carbons (Fsp3) is 0.176. The summed E-state index contributed by atoms with van der Waals surface area (Å²) in [7, 11) is 0. The van der Waals surface area contributed by atoms with E-state index in [1.165, 1.54) is 6.33 Å². The number of benzene rings is 1. The Kier molecular flexibility index (Phi) is 3.88. The van der Waals surface area contributed by atoms with Crippen molar-refractivity contribution >= 4 is 28.3 Å². The van der Waals surface area contributed by atoms with E-state index in [9.17, 15) is 0 Å². The first-order chi connectivity index (χ1) is 11.5. The Balaban J connectivity index is 2.08. The van der Waals surface area contributed by atoms with Crippen LogP contribution in [0.1, 0.15) is 30.7 Å². The number of rotatable bonds is 4. The van der Waals surface area contributed by atoms with Gasteiger partial charge in [-0.25, -0.2) is 9.97 Å². The monoisotopic (exact) mass is 319 g/mol. The first kappa shape index (κ1) is 15.5. The summed E-state index contributed by atoms with van der Waals surface area (Å²) in [6, 6.07) is 9.42. The molecule has 1 aromatic carbocycles. The van der Waals surface area contributed by atoms with Crippen molar-refractivity contribution in [1.82, 2.24) is 15.0 Å². The van der Waals surface area contributed by atoms with Gasteiger partial charge >= 0.3 is 0 Å². The SMILES string of the molecule is CC(C)Nc1ncnc(N)c1C(=N)c1cc2cc(C#N)ccc2[nH]1. The Morgan fingerprint density at radius 1 is 1.33 bits per heavy atom. The van der Waals surface area contributed by atoms with Crippen molar-refractivity contribution in [3.8, 4) is 6.07 Å². The third kappa shape index (κ3) is 2.77. The Labute approximate surface area is 139 Å². The fourth-order valence-electron chi connectivity index (χ4n) is 2.50. The lowest BCUT2D eigenvalue weighted by Gasteiger charge is -2.14. The number of hydrogen-bond acceptors (Lipinski definition) is 6. The van der Waals surface area contributed by atoms with Gasteiger partial charge in [-0.2, -0.15) is 5.26 Å². The van der Waals surface area contributed by atoms with Gasteiger partial charge in [-0.15, -0.1) is 0 Å². The van der Waals surface area contributed by atoms with Gasteiger partial charge in [0.05, 0.1) is 28.6 Å². The van der Waals surface area contributed by atoms with Crippen LogP contribution in [0.15, 0.2) is 30.6 Å². The van der Waals surface area contributed by atoms with E-state index in [2.05, 4.69) is 26.3 Å². The first-order valence-electron chi connectivity index (χ1n) is 7.48. The zero-order valence-electron chi connectivity index (χ0n) is 13.4. The molecule has 0 radical (unpaired) electrons. The first-order valence-corrected chi connectivity index (χ1v) is 7.48. The molecule has 0 saturated heterocycles. The summed E-state index contributed by atoms with van der Waals surface area (Å²) in [5.41, 5.74) is 8.66. The standard InChI is InChI=1S/C17H17N7/c1-9(2)23-17-14(16(20)21-8-22-17)15(19)13-6-11-5-10(7-18)3-4-12(11)24-13/h3-6,8-9,19,24H,1-2H3,(H3,20,21,22,23). The molecule has 24 heavy (non-hydrogen) atoms. The van der Waals surface area contributed by atoms with Crippen LogP contribution in [0.4, 0.5) is 11.6 Å². The van der Waals surface area contributed by atoms with Gasteiger partial charge in [0.25, 0.3) is 0 Å². The topological polar surface area (TPSA) is 127 Å². The maximum Gasteiger partial charge on any atom is 0.141 e. The Morgan fingerprint density at radius 3 is 2.83 bits per heavy atom. The molecule has 0 bridgehead atoms. The summed E-state index contributed by atoms with van der Waals surface area (Å²) in [6.07, 6.45) is 1.38. The van der Waals surface area contributed by atoms with Gasteiger partial charge in [-0.3, -0.25) is 5.41 Å². The van der Waals surface area contributed by atoms with E-state index in [1.807, 2.05) is 26.0 Å². The van der Waals surface area contributed by atoms with E-state index in [1.54, 1.807) is 12.1 Å². The summed E-state index contributed by atoms with van der Waals surface area (Å²) in [5, 5.41) is 21.6. The van der Waals surface area contributed by atoms with Gasteiger partial charge in [0.1, 0.15) is 18.0 Å². The van der Waals surface area contributed by atoms with Crippen molar-refractivity contribution in [2.24, 2.45) is 0 Å². The fourth-order valence-corrected chi connectivity index (χ4v) is 2.50. The minimum Gasteiger partial charge on any atom is -0.383 e. The highest BCUT2D eigenvalue weighted by Crippen LogP contribution is 2.24. The molecular weight excluding hydrogens is 302 g/mol. The predicted molar refractivity (Wildman–Crippen MR) is 94.1 cm³/mol. The van der Waals surface area contributed by atoms with Crippen LogP contribution in [0.2, 0.25) is 0 Å². The molecule has 3 rings (SSSR count). The van der Waals surface area contributed by atoms with E-state index in [-0.39, 0.29) is 17.6 Å². The van der Waals surface area contributed by atoms with Crippen LogP contribution in [0, 0.1) is 16.7 Å². The number of nitriles is 1. The van der Waals surface area contributed by atoms with Crippen LogP contribution in [0.5, 0.6) is 0 Å². The second-order valence-electron chi connectivity index (χ2n) is 5.75. The summed E-state index contributed by atoms with van der Waals surface area (Å²) in [6.45, 7) is 3.97. The second kappa shape index (κ2) is 6.01. The number of anilines is 2. The smallest absolute Gasteiger partial charge is 0.141 e. The molecule has 0 aliphatic heterocycles. The Bertz CT molecular complexity index is 963. The van der Waals surface area contributed by atoms with Crippen molar-refractivity contribution in [1.29, 1.82) is 10.7 Å². The van der Waals surface area contributed by atoms with Crippen LogP contribution >= 0.6 is 0 Å². The molecule has 0 atom stereocenters. The van der Waals surface area contributed by atoms with Crippen molar-refractivity contribution in [3.05, 3.63) is 47.4 Å². The number of H-pyrrole nitrogens is 1. The molecule has 120 valence electrons. The number of nitrogens with one attached hydrogen (secondary N) is 3. The molecule has 2 heterocycles. The van der Waals surface area contributed by atoms with Crippen LogP contribution in [0.25, 0.3) is 10.9 Å². The highest BCUT2D eigenvalue weighted by molar-refractivity contribution is 6.16. The molecule has 0 saturated carbocycles. The number of fused-ring (bicyclic) bond motifs is 1. The van der Waals surface area contributed by atoms with Gasteiger partial charge in [0.2, 0.25) is 0 Å². The molecule has 0 fully saturated rings. The maximum absolute atomic E-state index is 9.00. The molecule has 0 aliphatic rings. The average molecular weight is 319 g/mol. The summed E-state index contributed by atoms with van der Waals surface area (Å²) in [4.78, 5) is 11.4. The molecule has 0 unspecified atom stereocenters. The minimum atomic E-state index is 0.145. The lowest BCUT2D eigenvalue weighted by atomic mass is 10.1. The van der Waals surface area contributed by atoms with Gasteiger partial charge in [-0.1, -0.05) is 0 Å². The van der Waals surface area contributed by atoms with Crippen LogP contribution in [-0.4, -0.2) is 26.7 Å². The van der Waals surface area contributed by atoms with Crippen LogP contribution < -0.4 is 11.1 Å². The largest absolute Gasteiger partial charge is 0.383 e. The van der Waals surface area contributed by atoms with Crippen LogP contribution in [0.3, 0.4) is 0 Å².